The Balaban J connectivity index is 2.66. The van der Waals surface area contributed by atoms with Crippen LogP contribution in [0.4, 0.5) is 0 Å². The maximum Gasteiger partial charge on any atom is 0.339 e. The molecule has 0 fully saturated rings. The molecule has 0 bridgehead atoms. The van der Waals surface area contributed by atoms with Crippen LogP contribution in [-0.2, 0) is 4.74 Å². The van der Waals surface area contributed by atoms with Crippen molar-refractivity contribution in [2.75, 3.05) is 6.61 Å². The molecule has 0 atom stereocenters. The molecule has 0 saturated carbocycles. The average Bonchev–Trinajstić information content (AvgIpc) is 2.59. The molecule has 0 amide bonds. The van der Waals surface area contributed by atoms with Crippen molar-refractivity contribution in [2.24, 2.45) is 0 Å². The molecule has 2 aromatic rings. The van der Waals surface area contributed by atoms with E-state index in [-0.39, 0.29) is 0 Å². The first-order valence-electron chi connectivity index (χ1n) is 4.73. The molecule has 0 unspecified atom stereocenters. The zero-order valence-corrected chi connectivity index (χ0v) is 10.4. The molecule has 0 radical (unpaired) electrons. The van der Waals surface area contributed by atoms with Gasteiger partial charge in [-0.3, -0.25) is 0 Å². The number of pyridine rings is 1. The van der Waals surface area contributed by atoms with Crippen LogP contribution < -0.4 is 0 Å². The van der Waals surface area contributed by atoms with Crippen molar-refractivity contribution in [1.82, 2.24) is 10.1 Å². The molecule has 6 heteroatoms. The summed E-state index contributed by atoms with van der Waals surface area (Å²) in [5, 5.41) is 4.37. The number of aromatic nitrogens is 2. The molecule has 0 aliphatic heterocycles. The van der Waals surface area contributed by atoms with E-state index in [4.69, 9.17) is 9.26 Å². The van der Waals surface area contributed by atoms with Gasteiger partial charge in [-0.05, 0) is 35.8 Å². The first kappa shape index (κ1) is 11.1. The summed E-state index contributed by atoms with van der Waals surface area (Å²) in [5.41, 5.74) is 1.37. The maximum absolute atomic E-state index is 11.7. The number of esters is 1. The fraction of sp³-hybridized carbons (Fsp3) is 0.300. The molecule has 2 aromatic heterocycles. The van der Waals surface area contributed by atoms with E-state index >= 15 is 0 Å². The number of rotatable bonds is 2. The van der Waals surface area contributed by atoms with E-state index in [1.807, 2.05) is 0 Å². The zero-order valence-electron chi connectivity index (χ0n) is 8.78. The Kier molecular flexibility index (Phi) is 2.91. The lowest BCUT2D eigenvalue weighted by molar-refractivity contribution is 0.0528. The lowest BCUT2D eigenvalue weighted by atomic mass is 10.1. The number of hydrogen-bond acceptors (Lipinski definition) is 5. The third-order valence-corrected chi connectivity index (χ3v) is 2.49. The van der Waals surface area contributed by atoms with Crippen LogP contribution in [0, 0.1) is 6.92 Å². The van der Waals surface area contributed by atoms with Gasteiger partial charge >= 0.3 is 5.97 Å². The number of carbonyl (C=O) groups excluding carboxylic acids is 1. The van der Waals surface area contributed by atoms with E-state index in [9.17, 15) is 4.79 Å². The van der Waals surface area contributed by atoms with Gasteiger partial charge in [0.25, 0.3) is 5.71 Å². The van der Waals surface area contributed by atoms with Crippen molar-refractivity contribution >= 4 is 33.0 Å². The number of carbonyl (C=O) groups is 1. The molecule has 0 N–H and O–H groups in total. The first-order chi connectivity index (χ1) is 7.63. The predicted octanol–water partition coefficient (Wildman–Crippen LogP) is 2.47. The molecule has 2 heterocycles. The lowest BCUT2D eigenvalue weighted by Crippen LogP contribution is -2.06. The monoisotopic (exact) mass is 284 g/mol. The summed E-state index contributed by atoms with van der Waals surface area (Å²) in [5.74, 6) is -0.401. The summed E-state index contributed by atoms with van der Waals surface area (Å²) in [6.45, 7) is 3.83. The fourth-order valence-corrected chi connectivity index (χ4v) is 1.82. The van der Waals surface area contributed by atoms with Crippen LogP contribution in [0.25, 0.3) is 11.1 Å². The van der Waals surface area contributed by atoms with Gasteiger partial charge in [-0.15, -0.1) is 0 Å². The standard InChI is InChI=1S/C10H9BrN2O3/c1-3-15-10(14)6-4-7(11)12-9-8(6)5(2)13-16-9/h4H,3H2,1-2H3. The van der Waals surface area contributed by atoms with Gasteiger partial charge in [-0.2, -0.15) is 0 Å². The van der Waals surface area contributed by atoms with Crippen LogP contribution in [0.2, 0.25) is 0 Å². The minimum atomic E-state index is -0.401. The largest absolute Gasteiger partial charge is 0.462 e. The summed E-state index contributed by atoms with van der Waals surface area (Å²) in [6.07, 6.45) is 0. The second-order valence-corrected chi connectivity index (χ2v) is 3.97. The SMILES string of the molecule is CCOC(=O)c1cc(Br)nc2onc(C)c12. The van der Waals surface area contributed by atoms with Crippen LogP contribution in [0.5, 0.6) is 0 Å². The topological polar surface area (TPSA) is 65.2 Å². The Hall–Kier alpha value is -1.43. The Morgan fingerprint density at radius 3 is 3.06 bits per heavy atom. The van der Waals surface area contributed by atoms with Crippen LogP contribution in [0.1, 0.15) is 23.0 Å². The van der Waals surface area contributed by atoms with Gasteiger partial charge in [0.05, 0.1) is 23.3 Å². The van der Waals surface area contributed by atoms with Gasteiger partial charge in [-0.1, -0.05) is 5.16 Å². The molecule has 84 valence electrons. The van der Waals surface area contributed by atoms with Crippen molar-refractivity contribution in [2.45, 2.75) is 13.8 Å². The minimum absolute atomic E-state index is 0.324. The highest BCUT2D eigenvalue weighted by Gasteiger charge is 2.18. The van der Waals surface area contributed by atoms with Crippen LogP contribution in [0.15, 0.2) is 15.2 Å². The second kappa shape index (κ2) is 4.21. The van der Waals surface area contributed by atoms with E-state index in [0.717, 1.165) is 0 Å². The maximum atomic E-state index is 11.7. The lowest BCUT2D eigenvalue weighted by Gasteiger charge is -2.02. The molecule has 5 nitrogen and oxygen atoms in total. The van der Waals surface area contributed by atoms with E-state index in [0.29, 0.717) is 33.6 Å². The third-order valence-electron chi connectivity index (χ3n) is 2.08. The number of hydrogen-bond donors (Lipinski definition) is 0. The number of fused-ring (bicyclic) bond motifs is 1. The minimum Gasteiger partial charge on any atom is -0.462 e. The molecule has 0 aliphatic rings. The number of halogens is 1. The van der Waals surface area contributed by atoms with Gasteiger partial charge in [0, 0.05) is 0 Å². The highest BCUT2D eigenvalue weighted by atomic mass is 79.9. The van der Waals surface area contributed by atoms with Gasteiger partial charge in [-0.25, -0.2) is 9.78 Å². The molecule has 2 rings (SSSR count). The second-order valence-electron chi connectivity index (χ2n) is 3.16. The summed E-state index contributed by atoms with van der Waals surface area (Å²) in [6, 6.07) is 1.60. The fourth-order valence-electron chi connectivity index (χ4n) is 1.43. The van der Waals surface area contributed by atoms with Gasteiger partial charge < -0.3 is 9.26 Å². The molecule has 0 aromatic carbocycles. The van der Waals surface area contributed by atoms with Gasteiger partial charge in [0.15, 0.2) is 0 Å². The van der Waals surface area contributed by atoms with Crippen molar-refractivity contribution < 1.29 is 14.1 Å². The Morgan fingerprint density at radius 2 is 2.38 bits per heavy atom. The van der Waals surface area contributed by atoms with Crippen molar-refractivity contribution in [1.29, 1.82) is 0 Å². The normalized spacial score (nSPS) is 10.7. The van der Waals surface area contributed by atoms with Crippen LogP contribution >= 0.6 is 15.9 Å². The van der Waals surface area contributed by atoms with E-state index in [1.54, 1.807) is 19.9 Å². The van der Waals surface area contributed by atoms with Crippen molar-refractivity contribution in [3.8, 4) is 0 Å². The van der Waals surface area contributed by atoms with Gasteiger partial charge in [0.1, 0.15) is 4.60 Å². The summed E-state index contributed by atoms with van der Waals surface area (Å²) in [4.78, 5) is 15.8. The van der Waals surface area contributed by atoms with Crippen LogP contribution in [0.3, 0.4) is 0 Å². The summed E-state index contributed by atoms with van der Waals surface area (Å²) < 4.78 is 10.5. The third kappa shape index (κ3) is 1.80. The number of nitrogens with zero attached hydrogens (tertiary/aromatic N) is 2. The zero-order chi connectivity index (χ0) is 11.7. The molecule has 0 aliphatic carbocycles. The molecule has 16 heavy (non-hydrogen) atoms. The Morgan fingerprint density at radius 1 is 1.62 bits per heavy atom. The Bertz CT molecular complexity index is 550. The Labute approximate surface area is 99.9 Å². The number of aryl methyl sites for hydroxylation is 1. The highest BCUT2D eigenvalue weighted by Crippen LogP contribution is 2.24. The summed E-state index contributed by atoms with van der Waals surface area (Å²) >= 11 is 3.21. The smallest absolute Gasteiger partial charge is 0.339 e. The van der Waals surface area contributed by atoms with Crippen molar-refractivity contribution in [3.05, 3.63) is 21.9 Å². The highest BCUT2D eigenvalue weighted by molar-refractivity contribution is 9.10. The average molecular weight is 285 g/mol. The number of ether oxygens (including phenoxy) is 1. The summed E-state index contributed by atoms with van der Waals surface area (Å²) in [7, 11) is 0. The van der Waals surface area contributed by atoms with E-state index in [2.05, 4.69) is 26.1 Å². The van der Waals surface area contributed by atoms with Crippen LogP contribution in [-0.4, -0.2) is 22.7 Å². The quantitative estimate of drug-likeness (QED) is 0.626. The van der Waals surface area contributed by atoms with E-state index < -0.39 is 5.97 Å². The van der Waals surface area contributed by atoms with Gasteiger partial charge in [0.2, 0.25) is 0 Å². The first-order valence-corrected chi connectivity index (χ1v) is 5.52. The molecule has 0 spiro atoms. The molecule has 0 saturated heterocycles. The van der Waals surface area contributed by atoms with E-state index in [1.165, 1.54) is 0 Å². The molecular formula is C10H9BrN2O3. The predicted molar refractivity (Wildman–Crippen MR) is 60.2 cm³/mol. The van der Waals surface area contributed by atoms with Crippen molar-refractivity contribution in [3.63, 3.8) is 0 Å². The molecular weight excluding hydrogens is 276 g/mol.